The van der Waals surface area contributed by atoms with E-state index in [9.17, 15) is 4.39 Å². The fourth-order valence-electron chi connectivity index (χ4n) is 3.91. The first-order chi connectivity index (χ1) is 14.0. The van der Waals surface area contributed by atoms with Crippen LogP contribution >= 0.6 is 0 Å². The Hall–Kier alpha value is -3.02. The molecule has 0 radical (unpaired) electrons. The first kappa shape index (κ1) is 18.0. The summed E-state index contributed by atoms with van der Waals surface area (Å²) in [5, 5.41) is 3.24. The number of aromatic nitrogens is 2. The number of hydrogen-bond donors (Lipinski definition) is 1. The van der Waals surface area contributed by atoms with Crippen molar-refractivity contribution < 1.29 is 9.13 Å². The van der Waals surface area contributed by atoms with Crippen molar-refractivity contribution in [2.75, 3.05) is 11.9 Å². The zero-order valence-electron chi connectivity index (χ0n) is 16.6. The van der Waals surface area contributed by atoms with Crippen molar-refractivity contribution in [1.29, 1.82) is 0 Å². The van der Waals surface area contributed by atoms with E-state index in [1.807, 2.05) is 38.1 Å². The summed E-state index contributed by atoms with van der Waals surface area (Å²) < 4.78 is 20.8. The summed E-state index contributed by atoms with van der Waals surface area (Å²) in [6.07, 6.45) is 8.07. The third kappa shape index (κ3) is 3.55. The van der Waals surface area contributed by atoms with Gasteiger partial charge < -0.3 is 10.1 Å². The zero-order valence-corrected chi connectivity index (χ0v) is 16.6. The number of halogens is 1. The Bertz CT molecular complexity index is 1080. The predicted octanol–water partition coefficient (Wildman–Crippen LogP) is 5.41. The first-order valence-electron chi connectivity index (χ1n) is 10.1. The van der Waals surface area contributed by atoms with Gasteiger partial charge in [-0.2, -0.15) is 9.97 Å². The molecule has 1 N–H and O–H groups in total. The topological polar surface area (TPSA) is 59.4 Å². The van der Waals surface area contributed by atoms with Crippen molar-refractivity contribution in [3.8, 4) is 11.8 Å². The van der Waals surface area contributed by atoms with Crippen molar-refractivity contribution in [3.05, 3.63) is 58.1 Å². The number of amidine groups is 1. The lowest BCUT2D eigenvalue weighted by Gasteiger charge is -2.25. The van der Waals surface area contributed by atoms with E-state index in [1.54, 1.807) is 6.07 Å². The second-order valence-electron chi connectivity index (χ2n) is 8.13. The summed E-state index contributed by atoms with van der Waals surface area (Å²) in [5.74, 6) is 1.60. The minimum absolute atomic E-state index is 0.153. The van der Waals surface area contributed by atoms with Crippen molar-refractivity contribution in [2.24, 2.45) is 4.99 Å². The largest absolute Gasteiger partial charge is 0.421 e. The Kier molecular flexibility index (Phi) is 4.42. The molecule has 1 aromatic heterocycles. The predicted molar refractivity (Wildman–Crippen MR) is 112 cm³/mol. The average Bonchev–Trinajstić information content (AvgIpc) is 3.21. The number of fused-ring (bicyclic) bond motifs is 1. The lowest BCUT2D eigenvalue weighted by atomic mass is 9.83. The quantitative estimate of drug-likeness (QED) is 0.759. The molecule has 2 heterocycles. The molecule has 2 aliphatic carbocycles. The molecule has 0 amide bonds. The van der Waals surface area contributed by atoms with E-state index >= 15 is 0 Å². The Balaban J connectivity index is 1.46. The lowest BCUT2D eigenvalue weighted by molar-refractivity contribution is 0.386. The summed E-state index contributed by atoms with van der Waals surface area (Å²) >= 11 is 0. The molecule has 5 nitrogen and oxygen atoms in total. The van der Waals surface area contributed by atoms with E-state index in [-0.39, 0.29) is 17.6 Å². The maximum Gasteiger partial charge on any atom is 0.324 e. The molecule has 0 spiro atoms. The highest BCUT2D eigenvalue weighted by atomic mass is 19.1. The molecular weight excluding hydrogens is 367 g/mol. The smallest absolute Gasteiger partial charge is 0.324 e. The van der Waals surface area contributed by atoms with Crippen LogP contribution in [-0.4, -0.2) is 22.3 Å². The molecule has 6 heteroatoms. The van der Waals surface area contributed by atoms with Crippen LogP contribution in [0.5, 0.6) is 11.8 Å². The zero-order chi connectivity index (χ0) is 20.0. The van der Waals surface area contributed by atoms with Crippen LogP contribution in [0, 0.1) is 5.82 Å². The van der Waals surface area contributed by atoms with Crippen LogP contribution in [0.3, 0.4) is 0 Å². The normalized spacial score (nSPS) is 18.0. The second kappa shape index (κ2) is 7.10. The minimum Gasteiger partial charge on any atom is -0.421 e. The third-order valence-electron chi connectivity index (χ3n) is 5.68. The van der Waals surface area contributed by atoms with Gasteiger partial charge in [-0.15, -0.1) is 0 Å². The van der Waals surface area contributed by atoms with Gasteiger partial charge in [-0.1, -0.05) is 24.1 Å². The maximum absolute atomic E-state index is 15.0. The molecule has 2 aromatic rings. The van der Waals surface area contributed by atoms with Crippen molar-refractivity contribution in [1.82, 2.24) is 9.97 Å². The monoisotopic (exact) mass is 390 g/mol. The van der Waals surface area contributed by atoms with Gasteiger partial charge in [-0.25, -0.2) is 4.39 Å². The fourth-order valence-corrected chi connectivity index (χ4v) is 3.91. The van der Waals surface area contributed by atoms with Gasteiger partial charge >= 0.3 is 6.01 Å². The molecule has 5 rings (SSSR count). The molecule has 29 heavy (non-hydrogen) atoms. The molecule has 0 bridgehead atoms. The van der Waals surface area contributed by atoms with Crippen LogP contribution in [-0.2, 0) is 6.42 Å². The molecule has 1 fully saturated rings. The van der Waals surface area contributed by atoms with Crippen LogP contribution in [0.4, 0.5) is 10.2 Å². The van der Waals surface area contributed by atoms with Crippen molar-refractivity contribution >= 4 is 17.7 Å². The summed E-state index contributed by atoms with van der Waals surface area (Å²) in [7, 11) is 0. The van der Waals surface area contributed by atoms with E-state index in [0.29, 0.717) is 23.8 Å². The highest BCUT2D eigenvalue weighted by Gasteiger charge is 2.24. The van der Waals surface area contributed by atoms with Gasteiger partial charge in [0, 0.05) is 17.5 Å². The third-order valence-corrected chi connectivity index (χ3v) is 5.68. The molecule has 0 unspecified atom stereocenters. The number of allylic oxidation sites excluding steroid dienone is 1. The van der Waals surface area contributed by atoms with E-state index < -0.39 is 0 Å². The minimum atomic E-state index is -0.356. The van der Waals surface area contributed by atoms with Crippen LogP contribution in [0.1, 0.15) is 55.8 Å². The number of nitrogens with one attached hydrogen (secondary N) is 1. The molecule has 148 valence electrons. The molecule has 3 aliphatic rings. The highest BCUT2D eigenvalue weighted by Crippen LogP contribution is 2.38. The van der Waals surface area contributed by atoms with Crippen LogP contribution in [0.25, 0.3) is 6.08 Å². The van der Waals surface area contributed by atoms with Crippen LogP contribution in [0.2, 0.25) is 0 Å². The molecular formula is C23H23FN4O. The molecule has 1 aromatic carbocycles. The highest BCUT2D eigenvalue weighted by molar-refractivity contribution is 6.05. The average molecular weight is 390 g/mol. The molecule has 0 atom stereocenters. The van der Waals surface area contributed by atoms with Crippen molar-refractivity contribution in [3.63, 3.8) is 0 Å². The van der Waals surface area contributed by atoms with E-state index in [1.165, 1.54) is 12.0 Å². The lowest BCUT2D eigenvalue weighted by Crippen LogP contribution is -2.14. The van der Waals surface area contributed by atoms with Gasteiger partial charge in [0.25, 0.3) is 0 Å². The Morgan fingerprint density at radius 2 is 1.97 bits per heavy atom. The van der Waals surface area contributed by atoms with Gasteiger partial charge in [0.1, 0.15) is 11.7 Å². The standard InChI is InChI=1S/C23H23FN4O/c1-13-8-16-6-7-19(22(24)17(16)9-13)29-23-26-18(15-4-3-5-15)11-21(28-23)27-20-10-14(2)12-25-20/h6-7,9-11,15H,3-5,8,12H2,1-2H3,(H,25,26,27,28). The van der Waals surface area contributed by atoms with Gasteiger partial charge in [0.2, 0.25) is 0 Å². The van der Waals surface area contributed by atoms with E-state index in [4.69, 9.17) is 4.74 Å². The van der Waals surface area contributed by atoms with Crippen molar-refractivity contribution in [2.45, 2.75) is 45.4 Å². The molecule has 0 saturated heterocycles. The van der Waals surface area contributed by atoms with Crippen LogP contribution in [0.15, 0.2) is 40.4 Å². The van der Waals surface area contributed by atoms with Gasteiger partial charge in [-0.3, -0.25) is 4.99 Å². The van der Waals surface area contributed by atoms with E-state index in [0.717, 1.165) is 41.9 Å². The first-order valence-corrected chi connectivity index (χ1v) is 10.1. The number of ether oxygens (including phenoxy) is 1. The Morgan fingerprint density at radius 3 is 2.69 bits per heavy atom. The van der Waals surface area contributed by atoms with Crippen LogP contribution < -0.4 is 10.1 Å². The Labute approximate surface area is 169 Å². The number of hydrogen-bond acceptors (Lipinski definition) is 5. The number of rotatable bonds is 4. The summed E-state index contributed by atoms with van der Waals surface area (Å²) in [4.78, 5) is 13.5. The maximum atomic E-state index is 15.0. The number of anilines is 1. The fraction of sp³-hybridized carbons (Fsp3) is 0.348. The van der Waals surface area contributed by atoms with E-state index in [2.05, 4.69) is 20.3 Å². The summed E-state index contributed by atoms with van der Waals surface area (Å²) in [6.45, 7) is 4.74. The second-order valence-corrected chi connectivity index (χ2v) is 8.13. The molecule has 1 aliphatic heterocycles. The van der Waals surface area contributed by atoms with Gasteiger partial charge in [-0.05, 0) is 56.4 Å². The SMILES string of the molecule is CC1=CC(Nc2cc(C3CCC3)nc(Oc3ccc4c(c3F)C=C(C)C4)n2)=NC1. The summed E-state index contributed by atoms with van der Waals surface area (Å²) in [5.41, 5.74) is 4.86. The van der Waals surface area contributed by atoms with Gasteiger partial charge in [0.05, 0.1) is 12.2 Å². The summed E-state index contributed by atoms with van der Waals surface area (Å²) in [6, 6.07) is 5.69. The number of nitrogens with zero attached hydrogens (tertiary/aromatic N) is 3. The Morgan fingerprint density at radius 1 is 1.10 bits per heavy atom. The van der Waals surface area contributed by atoms with Gasteiger partial charge in [0.15, 0.2) is 11.6 Å². The molecule has 1 saturated carbocycles. The number of benzene rings is 1. The number of aliphatic imine (C=N–C) groups is 1.